The molecule has 0 aliphatic rings. The minimum absolute atomic E-state index is 0.461. The molecule has 1 heterocycles. The van der Waals surface area contributed by atoms with E-state index in [-0.39, 0.29) is 0 Å². The van der Waals surface area contributed by atoms with Gasteiger partial charge in [0.05, 0.1) is 0 Å². The van der Waals surface area contributed by atoms with Gasteiger partial charge in [0.15, 0.2) is 5.82 Å². The van der Waals surface area contributed by atoms with Crippen LogP contribution >= 0.6 is 34.8 Å². The predicted octanol–water partition coefficient (Wildman–Crippen LogP) is 4.14. The third kappa shape index (κ3) is 3.37. The molecule has 0 bridgehead atoms. The van der Waals surface area contributed by atoms with Gasteiger partial charge in [0.25, 0.3) is 0 Å². The highest BCUT2D eigenvalue weighted by molar-refractivity contribution is 6.36. The quantitative estimate of drug-likeness (QED) is 0.779. The first-order valence-corrected chi connectivity index (χ1v) is 6.80. The van der Waals surface area contributed by atoms with Crippen molar-refractivity contribution in [2.75, 3.05) is 5.88 Å². The van der Waals surface area contributed by atoms with Crippen LogP contribution in [0.4, 0.5) is 0 Å². The summed E-state index contributed by atoms with van der Waals surface area (Å²) in [5.74, 6) is 1.75. The molecule has 3 nitrogen and oxygen atoms in total. The van der Waals surface area contributed by atoms with Crippen LogP contribution in [0.3, 0.4) is 0 Å². The van der Waals surface area contributed by atoms with E-state index < -0.39 is 0 Å². The van der Waals surface area contributed by atoms with Gasteiger partial charge in [-0.25, -0.2) is 0 Å². The molecule has 2 aromatic rings. The molecule has 0 radical (unpaired) electrons. The van der Waals surface area contributed by atoms with Crippen LogP contribution < -0.4 is 0 Å². The number of hydrogen-bond donors (Lipinski definition) is 0. The highest BCUT2D eigenvalue weighted by Crippen LogP contribution is 2.26. The molecule has 0 spiro atoms. The number of halogens is 3. The highest BCUT2D eigenvalue weighted by atomic mass is 35.5. The molecule has 96 valence electrons. The van der Waals surface area contributed by atoms with Gasteiger partial charge in [0, 0.05) is 28.8 Å². The first kappa shape index (κ1) is 13.7. The average Bonchev–Trinajstić information content (AvgIpc) is 2.79. The summed E-state index contributed by atoms with van der Waals surface area (Å²) in [6.07, 6.45) is 1.96. The molecule has 1 aromatic heterocycles. The Labute approximate surface area is 120 Å². The van der Waals surface area contributed by atoms with Gasteiger partial charge in [0.1, 0.15) is 0 Å². The molecule has 6 heteroatoms. The molecule has 0 amide bonds. The maximum Gasteiger partial charge on any atom is 0.226 e. The Hall–Kier alpha value is -0.770. The van der Waals surface area contributed by atoms with Crippen LogP contribution in [0.25, 0.3) is 0 Å². The van der Waals surface area contributed by atoms with E-state index in [0.717, 1.165) is 12.0 Å². The van der Waals surface area contributed by atoms with Crippen LogP contribution in [0.2, 0.25) is 10.0 Å². The third-order valence-corrected chi connectivity index (χ3v) is 3.41. The molecule has 2 rings (SSSR count). The summed E-state index contributed by atoms with van der Waals surface area (Å²) in [5.41, 5.74) is 0.811. The van der Waals surface area contributed by atoms with E-state index in [0.29, 0.717) is 40.5 Å². The van der Waals surface area contributed by atoms with Gasteiger partial charge in [-0.05, 0) is 24.1 Å². The van der Waals surface area contributed by atoms with Gasteiger partial charge in [-0.1, -0.05) is 34.4 Å². The summed E-state index contributed by atoms with van der Waals surface area (Å²) in [4.78, 5) is 4.27. The lowest BCUT2D eigenvalue weighted by Gasteiger charge is -2.02. The summed E-state index contributed by atoms with van der Waals surface area (Å²) < 4.78 is 5.11. The van der Waals surface area contributed by atoms with Crippen molar-refractivity contribution < 1.29 is 4.52 Å². The molecule has 0 saturated heterocycles. The SMILES string of the molecule is ClCCCc1nc(Cc2c(Cl)cccc2Cl)no1. The Balaban J connectivity index is 2.11. The average molecular weight is 306 g/mol. The van der Waals surface area contributed by atoms with E-state index in [1.807, 2.05) is 0 Å². The standard InChI is InChI=1S/C12H11Cl3N2O/c13-6-2-5-12-16-11(17-18-12)7-8-9(14)3-1-4-10(8)15/h1,3-4H,2,5-7H2. The normalized spacial score (nSPS) is 10.8. The van der Waals surface area contributed by atoms with Crippen molar-refractivity contribution in [2.24, 2.45) is 0 Å². The largest absolute Gasteiger partial charge is 0.339 e. The van der Waals surface area contributed by atoms with Gasteiger partial charge >= 0.3 is 0 Å². The molecule has 0 atom stereocenters. The Morgan fingerprint density at radius 1 is 1.17 bits per heavy atom. The van der Waals surface area contributed by atoms with Crippen LogP contribution in [0, 0.1) is 0 Å². The predicted molar refractivity (Wildman–Crippen MR) is 72.6 cm³/mol. The van der Waals surface area contributed by atoms with Crippen molar-refractivity contribution in [3.05, 3.63) is 45.5 Å². The number of hydrogen-bond acceptors (Lipinski definition) is 3. The molecule has 0 aliphatic heterocycles. The third-order valence-electron chi connectivity index (χ3n) is 2.43. The van der Waals surface area contributed by atoms with Gasteiger partial charge in [-0.3, -0.25) is 0 Å². The highest BCUT2D eigenvalue weighted by Gasteiger charge is 2.11. The van der Waals surface area contributed by atoms with Crippen molar-refractivity contribution in [3.8, 4) is 0 Å². The topological polar surface area (TPSA) is 38.9 Å². The molecule has 0 unspecified atom stereocenters. The fourth-order valence-corrected chi connectivity index (χ4v) is 2.21. The zero-order valence-corrected chi connectivity index (χ0v) is 11.8. The van der Waals surface area contributed by atoms with Crippen molar-refractivity contribution in [1.82, 2.24) is 10.1 Å². The van der Waals surface area contributed by atoms with Crippen molar-refractivity contribution in [3.63, 3.8) is 0 Å². The maximum absolute atomic E-state index is 6.08. The molecular formula is C12H11Cl3N2O. The second-order valence-electron chi connectivity index (χ2n) is 3.77. The number of aryl methyl sites for hydroxylation is 1. The zero-order chi connectivity index (χ0) is 13.0. The minimum atomic E-state index is 0.461. The molecular weight excluding hydrogens is 295 g/mol. The van der Waals surface area contributed by atoms with E-state index in [2.05, 4.69) is 10.1 Å². The molecule has 18 heavy (non-hydrogen) atoms. The van der Waals surface area contributed by atoms with E-state index in [9.17, 15) is 0 Å². The lowest BCUT2D eigenvalue weighted by atomic mass is 10.1. The van der Waals surface area contributed by atoms with E-state index >= 15 is 0 Å². The molecule has 0 saturated carbocycles. The summed E-state index contributed by atoms with van der Waals surface area (Å²) >= 11 is 17.8. The summed E-state index contributed by atoms with van der Waals surface area (Å²) in [7, 11) is 0. The van der Waals surface area contributed by atoms with E-state index in [1.165, 1.54) is 0 Å². The second kappa shape index (κ2) is 6.41. The van der Waals surface area contributed by atoms with Gasteiger partial charge in [-0.15, -0.1) is 11.6 Å². The number of nitrogens with zero attached hydrogens (tertiary/aromatic N) is 2. The van der Waals surface area contributed by atoms with Crippen molar-refractivity contribution >= 4 is 34.8 Å². The Kier molecular flexibility index (Phi) is 4.87. The zero-order valence-electron chi connectivity index (χ0n) is 9.50. The summed E-state index contributed by atoms with van der Waals surface area (Å²) in [5, 5.41) is 5.11. The van der Waals surface area contributed by atoms with E-state index in [4.69, 9.17) is 39.3 Å². The first-order chi connectivity index (χ1) is 8.70. The Morgan fingerprint density at radius 2 is 1.89 bits per heavy atom. The molecule has 1 aromatic carbocycles. The lowest BCUT2D eigenvalue weighted by molar-refractivity contribution is 0.373. The summed E-state index contributed by atoms with van der Waals surface area (Å²) in [6, 6.07) is 5.38. The van der Waals surface area contributed by atoms with Crippen LogP contribution in [-0.2, 0) is 12.8 Å². The Bertz CT molecular complexity index is 508. The molecule has 0 N–H and O–H groups in total. The lowest BCUT2D eigenvalue weighted by Crippen LogP contribution is -1.94. The van der Waals surface area contributed by atoms with Crippen LogP contribution in [-0.4, -0.2) is 16.0 Å². The first-order valence-electron chi connectivity index (χ1n) is 5.51. The van der Waals surface area contributed by atoms with Crippen LogP contribution in [0.5, 0.6) is 0 Å². The number of benzene rings is 1. The number of aromatic nitrogens is 2. The Morgan fingerprint density at radius 3 is 2.56 bits per heavy atom. The smallest absolute Gasteiger partial charge is 0.226 e. The number of rotatable bonds is 5. The molecule has 0 fully saturated rings. The van der Waals surface area contributed by atoms with Crippen LogP contribution in [0.15, 0.2) is 22.7 Å². The van der Waals surface area contributed by atoms with Crippen molar-refractivity contribution in [1.29, 1.82) is 0 Å². The maximum atomic E-state index is 6.08. The van der Waals surface area contributed by atoms with Crippen LogP contribution in [0.1, 0.15) is 23.7 Å². The number of alkyl halides is 1. The fraction of sp³-hybridized carbons (Fsp3) is 0.333. The monoisotopic (exact) mass is 304 g/mol. The minimum Gasteiger partial charge on any atom is -0.339 e. The van der Waals surface area contributed by atoms with Gasteiger partial charge < -0.3 is 4.52 Å². The van der Waals surface area contributed by atoms with Crippen molar-refractivity contribution in [2.45, 2.75) is 19.3 Å². The molecule has 0 aliphatic carbocycles. The van der Waals surface area contributed by atoms with Gasteiger partial charge in [0.2, 0.25) is 5.89 Å². The van der Waals surface area contributed by atoms with E-state index in [1.54, 1.807) is 18.2 Å². The summed E-state index contributed by atoms with van der Waals surface area (Å²) in [6.45, 7) is 0. The van der Waals surface area contributed by atoms with Gasteiger partial charge in [-0.2, -0.15) is 4.98 Å². The second-order valence-corrected chi connectivity index (χ2v) is 4.97. The fourth-order valence-electron chi connectivity index (χ4n) is 1.54.